The van der Waals surface area contributed by atoms with Gasteiger partial charge < -0.3 is 10.1 Å². The highest BCUT2D eigenvalue weighted by molar-refractivity contribution is 7.92. The number of aryl methyl sites for hydroxylation is 2. The minimum atomic E-state index is -3.72. The average Bonchev–Trinajstić information content (AvgIpc) is 2.74. The zero-order chi connectivity index (χ0) is 24.2. The number of ether oxygens (including phenoxy) is 1. The van der Waals surface area contributed by atoms with Crippen LogP contribution in [0.1, 0.15) is 36.6 Å². The summed E-state index contributed by atoms with van der Waals surface area (Å²) >= 11 is 0. The lowest BCUT2D eigenvalue weighted by molar-refractivity contribution is -0.122. The SMILES string of the molecule is Cc1ccc([C@H](C)NC(=O)[C@@H](C)N(c2ccc(Oc3ccccc3)cc2)S(C)(=O)=O)c(C)c1. The lowest BCUT2D eigenvalue weighted by Gasteiger charge is -2.29. The van der Waals surface area contributed by atoms with Crippen LogP contribution in [0.15, 0.2) is 72.8 Å². The second-order valence-corrected chi connectivity index (χ2v) is 10.1. The van der Waals surface area contributed by atoms with Crippen LogP contribution in [-0.2, 0) is 14.8 Å². The van der Waals surface area contributed by atoms with Crippen LogP contribution in [0, 0.1) is 13.8 Å². The van der Waals surface area contributed by atoms with Gasteiger partial charge in [-0.3, -0.25) is 9.10 Å². The van der Waals surface area contributed by atoms with Crippen molar-refractivity contribution in [2.75, 3.05) is 10.6 Å². The second-order valence-electron chi connectivity index (χ2n) is 8.23. The van der Waals surface area contributed by atoms with Gasteiger partial charge in [-0.05, 0) is 75.2 Å². The molecule has 0 aromatic heterocycles. The first-order valence-electron chi connectivity index (χ1n) is 10.8. The van der Waals surface area contributed by atoms with Crippen LogP contribution in [0.5, 0.6) is 11.5 Å². The van der Waals surface area contributed by atoms with E-state index >= 15 is 0 Å². The summed E-state index contributed by atoms with van der Waals surface area (Å²) in [4.78, 5) is 13.0. The lowest BCUT2D eigenvalue weighted by Crippen LogP contribution is -2.48. The van der Waals surface area contributed by atoms with Crippen molar-refractivity contribution in [3.05, 3.63) is 89.5 Å². The Bertz CT molecular complexity index is 1210. The molecule has 7 heteroatoms. The van der Waals surface area contributed by atoms with Crippen molar-refractivity contribution >= 4 is 21.6 Å². The smallest absolute Gasteiger partial charge is 0.244 e. The highest BCUT2D eigenvalue weighted by Crippen LogP contribution is 2.27. The number of benzene rings is 3. The third kappa shape index (κ3) is 6.14. The Morgan fingerprint density at radius 3 is 2.09 bits per heavy atom. The molecular weight excluding hydrogens is 436 g/mol. The van der Waals surface area contributed by atoms with Gasteiger partial charge in [-0.2, -0.15) is 0 Å². The average molecular weight is 467 g/mol. The molecule has 6 nitrogen and oxygen atoms in total. The van der Waals surface area contributed by atoms with Crippen LogP contribution in [0.4, 0.5) is 5.69 Å². The molecule has 0 unspecified atom stereocenters. The number of nitrogens with zero attached hydrogens (tertiary/aromatic N) is 1. The van der Waals surface area contributed by atoms with Gasteiger partial charge in [0.2, 0.25) is 15.9 Å². The number of hydrogen-bond acceptors (Lipinski definition) is 4. The summed E-state index contributed by atoms with van der Waals surface area (Å²) in [6.07, 6.45) is 1.10. The van der Waals surface area contributed by atoms with Gasteiger partial charge in [-0.25, -0.2) is 8.42 Å². The third-order valence-electron chi connectivity index (χ3n) is 5.41. The van der Waals surface area contributed by atoms with Crippen molar-refractivity contribution in [1.82, 2.24) is 5.32 Å². The molecule has 0 bridgehead atoms. The van der Waals surface area contributed by atoms with E-state index in [9.17, 15) is 13.2 Å². The topological polar surface area (TPSA) is 75.7 Å². The molecule has 3 rings (SSSR count). The highest BCUT2D eigenvalue weighted by Gasteiger charge is 2.30. The van der Waals surface area contributed by atoms with E-state index in [1.54, 1.807) is 31.2 Å². The minimum Gasteiger partial charge on any atom is -0.457 e. The number of rotatable bonds is 8. The summed E-state index contributed by atoms with van der Waals surface area (Å²) in [5.74, 6) is 0.870. The van der Waals surface area contributed by atoms with Gasteiger partial charge in [0.1, 0.15) is 17.5 Å². The normalized spacial score (nSPS) is 13.1. The summed E-state index contributed by atoms with van der Waals surface area (Å²) < 4.78 is 32.1. The molecule has 0 radical (unpaired) electrons. The summed E-state index contributed by atoms with van der Waals surface area (Å²) in [5, 5.41) is 2.95. The number of sulfonamides is 1. The molecule has 33 heavy (non-hydrogen) atoms. The van der Waals surface area contributed by atoms with E-state index < -0.39 is 16.1 Å². The van der Waals surface area contributed by atoms with E-state index in [0.29, 0.717) is 17.2 Å². The standard InChI is InChI=1S/C26H30N2O4S/c1-18-11-16-25(19(2)17-18)20(3)27-26(29)21(4)28(33(5,30)31)22-12-14-24(15-13-22)32-23-9-7-6-8-10-23/h6-17,20-21H,1-5H3,(H,27,29)/t20-,21+/m0/s1. The van der Waals surface area contributed by atoms with Crippen LogP contribution in [0.2, 0.25) is 0 Å². The van der Waals surface area contributed by atoms with Crippen LogP contribution >= 0.6 is 0 Å². The van der Waals surface area contributed by atoms with Gasteiger partial charge in [0, 0.05) is 0 Å². The molecule has 1 amide bonds. The minimum absolute atomic E-state index is 0.261. The monoisotopic (exact) mass is 466 g/mol. The van der Waals surface area contributed by atoms with Crippen LogP contribution in [0.25, 0.3) is 0 Å². The van der Waals surface area contributed by atoms with Crippen molar-refractivity contribution in [3.8, 4) is 11.5 Å². The first kappa shape index (κ1) is 24.3. The summed E-state index contributed by atoms with van der Waals surface area (Å²) in [6.45, 7) is 7.49. The summed E-state index contributed by atoms with van der Waals surface area (Å²) in [7, 11) is -3.72. The fourth-order valence-electron chi connectivity index (χ4n) is 3.82. The van der Waals surface area contributed by atoms with Crippen LogP contribution < -0.4 is 14.4 Å². The van der Waals surface area contributed by atoms with Crippen molar-refractivity contribution in [1.29, 1.82) is 0 Å². The highest BCUT2D eigenvalue weighted by atomic mass is 32.2. The Balaban J connectivity index is 1.78. The number of para-hydroxylation sites is 1. The molecule has 0 saturated heterocycles. The number of amides is 1. The van der Waals surface area contributed by atoms with E-state index in [2.05, 4.69) is 11.4 Å². The molecule has 0 aliphatic rings. The van der Waals surface area contributed by atoms with Crippen molar-refractivity contribution < 1.29 is 17.9 Å². The Hall–Kier alpha value is -3.32. The zero-order valence-electron chi connectivity index (χ0n) is 19.6. The maximum Gasteiger partial charge on any atom is 0.244 e. The second kappa shape index (κ2) is 10.1. The molecule has 3 aromatic carbocycles. The van der Waals surface area contributed by atoms with E-state index in [4.69, 9.17) is 4.74 Å². The zero-order valence-corrected chi connectivity index (χ0v) is 20.4. The number of anilines is 1. The number of carbonyl (C=O) groups is 1. The Morgan fingerprint density at radius 2 is 1.52 bits per heavy atom. The van der Waals surface area contributed by atoms with Gasteiger partial charge in [-0.1, -0.05) is 42.0 Å². The first-order valence-corrected chi connectivity index (χ1v) is 12.6. The first-order chi connectivity index (χ1) is 15.6. The van der Waals surface area contributed by atoms with E-state index in [1.165, 1.54) is 0 Å². The van der Waals surface area contributed by atoms with Gasteiger partial charge in [0.25, 0.3) is 0 Å². The van der Waals surface area contributed by atoms with Crippen molar-refractivity contribution in [2.45, 2.75) is 39.8 Å². The number of hydrogen-bond donors (Lipinski definition) is 1. The predicted octanol–water partition coefficient (Wildman–Crippen LogP) is 5.13. The largest absolute Gasteiger partial charge is 0.457 e. The molecule has 0 spiro atoms. The van der Waals surface area contributed by atoms with Crippen molar-refractivity contribution in [2.24, 2.45) is 0 Å². The Morgan fingerprint density at radius 1 is 0.909 bits per heavy atom. The molecule has 2 atom stereocenters. The molecule has 0 aliphatic heterocycles. The molecule has 0 saturated carbocycles. The number of carbonyl (C=O) groups excluding carboxylic acids is 1. The van der Waals surface area contributed by atoms with E-state index in [1.807, 2.05) is 63.2 Å². The molecule has 0 heterocycles. The van der Waals surface area contributed by atoms with Crippen LogP contribution in [0.3, 0.4) is 0 Å². The Kier molecular flexibility index (Phi) is 7.43. The van der Waals surface area contributed by atoms with E-state index in [0.717, 1.165) is 27.3 Å². The van der Waals surface area contributed by atoms with Crippen LogP contribution in [-0.4, -0.2) is 26.6 Å². The summed E-state index contributed by atoms with van der Waals surface area (Å²) in [6, 6.07) is 20.8. The lowest BCUT2D eigenvalue weighted by atomic mass is 10.00. The molecule has 0 fully saturated rings. The van der Waals surface area contributed by atoms with Gasteiger partial charge in [0.15, 0.2) is 0 Å². The Labute approximate surface area is 196 Å². The fourth-order valence-corrected chi connectivity index (χ4v) is 4.99. The molecule has 1 N–H and O–H groups in total. The summed E-state index contributed by atoms with van der Waals surface area (Å²) in [5.41, 5.74) is 3.60. The maximum atomic E-state index is 13.0. The quantitative estimate of drug-likeness (QED) is 0.499. The van der Waals surface area contributed by atoms with Crippen molar-refractivity contribution in [3.63, 3.8) is 0 Å². The van der Waals surface area contributed by atoms with E-state index in [-0.39, 0.29) is 11.9 Å². The number of nitrogens with one attached hydrogen (secondary N) is 1. The van der Waals surface area contributed by atoms with Gasteiger partial charge in [0.05, 0.1) is 18.0 Å². The molecule has 0 aliphatic carbocycles. The third-order valence-corrected chi connectivity index (χ3v) is 6.65. The van der Waals surface area contributed by atoms with Gasteiger partial charge in [-0.15, -0.1) is 0 Å². The van der Waals surface area contributed by atoms with Gasteiger partial charge >= 0.3 is 0 Å². The fraction of sp³-hybridized carbons (Fsp3) is 0.269. The molecular formula is C26H30N2O4S. The maximum absolute atomic E-state index is 13.0. The predicted molar refractivity (Wildman–Crippen MR) is 132 cm³/mol. The molecule has 3 aromatic rings. The molecule has 174 valence electrons.